The molecule has 1 aromatic heterocycles. The average molecular weight is 312 g/mol. The molecular weight excluding hydrogens is 297 g/mol. The number of furan rings is 1. The number of benzene rings is 2. The van der Waals surface area contributed by atoms with Gasteiger partial charge in [-0.05, 0) is 30.9 Å². The summed E-state index contributed by atoms with van der Waals surface area (Å²) in [6, 6.07) is 6.37. The Labute approximate surface area is 133 Å². The molecule has 0 saturated heterocycles. The fourth-order valence-corrected chi connectivity index (χ4v) is 3.33. The van der Waals surface area contributed by atoms with Crippen molar-refractivity contribution in [2.45, 2.75) is 25.7 Å². The first-order valence-electron chi connectivity index (χ1n) is 7.86. The van der Waals surface area contributed by atoms with E-state index in [0.717, 1.165) is 12.8 Å². The summed E-state index contributed by atoms with van der Waals surface area (Å²) in [5.41, 5.74) is -0.0325. The molecule has 0 atom stereocenters. The van der Waals surface area contributed by atoms with E-state index in [1.807, 2.05) is 0 Å². The fourth-order valence-electron chi connectivity index (χ4n) is 3.33. The standard InChI is InChI=1S/C18H15BF2O2/c19-13-7-5-11-12-6-8-14(22-9-10-3-1-2-4-10)16(21)18(12)23-17(11)15(13)20/h5-8,10H,1-4,9H2. The van der Waals surface area contributed by atoms with Crippen LogP contribution in [0.15, 0.2) is 28.7 Å². The molecule has 1 heterocycles. The first kappa shape index (κ1) is 14.6. The van der Waals surface area contributed by atoms with Gasteiger partial charge in [0.1, 0.15) is 7.85 Å². The average Bonchev–Trinajstić information content (AvgIpc) is 3.18. The SMILES string of the molecule is [B]c1ccc2c(oc3c(F)c(OCC4CCCC4)ccc32)c1F. The van der Waals surface area contributed by atoms with Gasteiger partial charge in [-0.15, -0.1) is 0 Å². The molecule has 2 radical (unpaired) electrons. The molecule has 116 valence electrons. The van der Waals surface area contributed by atoms with E-state index >= 15 is 0 Å². The van der Waals surface area contributed by atoms with Crippen molar-refractivity contribution in [3.05, 3.63) is 35.9 Å². The van der Waals surface area contributed by atoms with Crippen molar-refractivity contribution >= 4 is 35.2 Å². The van der Waals surface area contributed by atoms with Gasteiger partial charge in [0.15, 0.2) is 22.7 Å². The van der Waals surface area contributed by atoms with Crippen LogP contribution in [0.5, 0.6) is 5.75 Å². The first-order chi connectivity index (χ1) is 11.1. The summed E-state index contributed by atoms with van der Waals surface area (Å²) in [4.78, 5) is 0. The summed E-state index contributed by atoms with van der Waals surface area (Å²) in [5, 5.41) is 1.03. The van der Waals surface area contributed by atoms with E-state index in [0.29, 0.717) is 23.3 Å². The lowest BCUT2D eigenvalue weighted by Crippen LogP contribution is -2.08. The smallest absolute Gasteiger partial charge is 0.208 e. The van der Waals surface area contributed by atoms with Gasteiger partial charge in [0.2, 0.25) is 5.82 Å². The number of rotatable bonds is 3. The van der Waals surface area contributed by atoms with Crippen LogP contribution in [0.1, 0.15) is 25.7 Å². The van der Waals surface area contributed by atoms with E-state index in [-0.39, 0.29) is 22.4 Å². The van der Waals surface area contributed by atoms with E-state index in [1.54, 1.807) is 18.2 Å². The van der Waals surface area contributed by atoms with E-state index in [2.05, 4.69) is 0 Å². The molecule has 0 aliphatic heterocycles. The molecule has 2 aromatic carbocycles. The van der Waals surface area contributed by atoms with Crippen molar-refractivity contribution in [1.82, 2.24) is 0 Å². The zero-order valence-corrected chi connectivity index (χ0v) is 12.6. The Hall–Kier alpha value is -2.04. The zero-order chi connectivity index (χ0) is 16.0. The fraction of sp³-hybridized carbons (Fsp3) is 0.333. The topological polar surface area (TPSA) is 22.4 Å². The predicted molar refractivity (Wildman–Crippen MR) is 86.5 cm³/mol. The highest BCUT2D eigenvalue weighted by atomic mass is 19.1. The number of hydrogen-bond acceptors (Lipinski definition) is 2. The summed E-state index contributed by atoms with van der Waals surface area (Å²) >= 11 is 0. The maximum Gasteiger partial charge on any atom is 0.208 e. The van der Waals surface area contributed by atoms with Gasteiger partial charge >= 0.3 is 0 Å². The van der Waals surface area contributed by atoms with Gasteiger partial charge in [-0.1, -0.05) is 30.4 Å². The van der Waals surface area contributed by atoms with Gasteiger partial charge in [0.05, 0.1) is 6.61 Å². The molecule has 0 unspecified atom stereocenters. The van der Waals surface area contributed by atoms with Crippen LogP contribution in [0.3, 0.4) is 0 Å². The van der Waals surface area contributed by atoms with Crippen molar-refractivity contribution in [1.29, 1.82) is 0 Å². The lowest BCUT2D eigenvalue weighted by molar-refractivity contribution is 0.242. The Kier molecular flexibility index (Phi) is 3.51. The predicted octanol–water partition coefficient (Wildman–Crippen LogP) is 4.23. The number of halogens is 2. The first-order valence-corrected chi connectivity index (χ1v) is 7.86. The maximum absolute atomic E-state index is 14.6. The Morgan fingerprint density at radius 3 is 2.39 bits per heavy atom. The van der Waals surface area contributed by atoms with Crippen LogP contribution >= 0.6 is 0 Å². The zero-order valence-electron chi connectivity index (χ0n) is 12.6. The third-order valence-electron chi connectivity index (χ3n) is 4.63. The van der Waals surface area contributed by atoms with Crippen molar-refractivity contribution in [3.8, 4) is 5.75 Å². The van der Waals surface area contributed by atoms with E-state index in [4.69, 9.17) is 17.0 Å². The van der Waals surface area contributed by atoms with Crippen LogP contribution in [-0.2, 0) is 0 Å². The minimum atomic E-state index is -0.661. The number of fused-ring (bicyclic) bond motifs is 3. The van der Waals surface area contributed by atoms with Crippen molar-refractivity contribution in [2.24, 2.45) is 5.92 Å². The van der Waals surface area contributed by atoms with Crippen molar-refractivity contribution in [2.75, 3.05) is 6.61 Å². The molecule has 1 aliphatic carbocycles. The van der Waals surface area contributed by atoms with E-state index in [1.165, 1.54) is 18.9 Å². The highest BCUT2D eigenvalue weighted by Crippen LogP contribution is 2.35. The second-order valence-electron chi connectivity index (χ2n) is 6.16. The minimum absolute atomic E-state index is 0.00780. The van der Waals surface area contributed by atoms with Crippen LogP contribution in [-0.4, -0.2) is 14.5 Å². The normalized spacial score (nSPS) is 15.7. The largest absolute Gasteiger partial charge is 0.490 e. The quantitative estimate of drug-likeness (QED) is 0.675. The number of ether oxygens (including phenoxy) is 1. The Bertz CT molecular complexity index is 882. The number of hydrogen-bond donors (Lipinski definition) is 0. The summed E-state index contributed by atoms with van der Waals surface area (Å²) in [7, 11) is 5.54. The van der Waals surface area contributed by atoms with Gasteiger partial charge < -0.3 is 9.15 Å². The molecule has 0 amide bonds. The Morgan fingerprint density at radius 1 is 1.00 bits per heavy atom. The van der Waals surface area contributed by atoms with E-state index in [9.17, 15) is 8.78 Å². The molecule has 0 N–H and O–H groups in total. The highest BCUT2D eigenvalue weighted by Gasteiger charge is 2.20. The van der Waals surface area contributed by atoms with Gasteiger partial charge in [0.25, 0.3) is 0 Å². The Morgan fingerprint density at radius 2 is 1.65 bits per heavy atom. The molecular formula is C18H15BF2O2. The molecule has 2 nitrogen and oxygen atoms in total. The second kappa shape index (κ2) is 5.55. The third kappa shape index (κ3) is 2.39. The van der Waals surface area contributed by atoms with Gasteiger partial charge in [-0.25, -0.2) is 4.39 Å². The summed E-state index contributed by atoms with van der Waals surface area (Å²) in [6.45, 7) is 0.504. The monoisotopic (exact) mass is 312 g/mol. The Balaban J connectivity index is 1.75. The minimum Gasteiger partial charge on any atom is -0.490 e. The lowest BCUT2D eigenvalue weighted by Gasteiger charge is -2.11. The summed E-state index contributed by atoms with van der Waals surface area (Å²) in [6.07, 6.45) is 4.66. The van der Waals surface area contributed by atoms with Crippen LogP contribution < -0.4 is 10.2 Å². The van der Waals surface area contributed by atoms with Crippen LogP contribution in [0.4, 0.5) is 8.78 Å². The molecule has 0 spiro atoms. The van der Waals surface area contributed by atoms with Crippen LogP contribution in [0.2, 0.25) is 0 Å². The summed E-state index contributed by atoms with van der Waals surface area (Å²) < 4.78 is 39.7. The molecule has 1 aliphatic rings. The molecule has 5 heteroatoms. The molecule has 0 bridgehead atoms. The van der Waals surface area contributed by atoms with Gasteiger partial charge in [-0.2, -0.15) is 4.39 Å². The lowest BCUT2D eigenvalue weighted by atomic mass is 9.94. The van der Waals surface area contributed by atoms with Gasteiger partial charge in [-0.3, -0.25) is 0 Å². The summed E-state index contributed by atoms with van der Waals surface area (Å²) in [5.74, 6) is -0.615. The molecule has 1 saturated carbocycles. The van der Waals surface area contributed by atoms with Gasteiger partial charge in [0, 0.05) is 10.8 Å². The van der Waals surface area contributed by atoms with Crippen LogP contribution in [0, 0.1) is 17.6 Å². The highest BCUT2D eigenvalue weighted by molar-refractivity contribution is 6.33. The molecule has 23 heavy (non-hydrogen) atoms. The molecule has 3 aromatic rings. The van der Waals surface area contributed by atoms with E-state index < -0.39 is 11.6 Å². The van der Waals surface area contributed by atoms with Crippen molar-refractivity contribution in [3.63, 3.8) is 0 Å². The van der Waals surface area contributed by atoms with Crippen molar-refractivity contribution < 1.29 is 17.9 Å². The van der Waals surface area contributed by atoms with Crippen LogP contribution in [0.25, 0.3) is 21.9 Å². The maximum atomic E-state index is 14.6. The molecule has 4 rings (SSSR count). The third-order valence-corrected chi connectivity index (χ3v) is 4.63. The molecule has 1 fully saturated rings. The second-order valence-corrected chi connectivity index (χ2v) is 6.16.